The molecule has 0 aliphatic carbocycles. The van der Waals surface area contributed by atoms with Crippen LogP contribution >= 0.6 is 0 Å². The van der Waals surface area contributed by atoms with E-state index in [1.54, 1.807) is 7.11 Å². The van der Waals surface area contributed by atoms with Gasteiger partial charge in [-0.3, -0.25) is 4.90 Å². The van der Waals surface area contributed by atoms with E-state index in [1.165, 1.54) is 22.4 Å². The number of hydrogen-bond acceptors (Lipinski definition) is 4. The Labute approximate surface area is 137 Å². The number of rotatable bonds is 3. The normalized spacial score (nSPS) is 16.7. The standard InChI is InChI=1S/C19H22N2O2/c1-22-17-6-5-15-12-21(9-10-23-18(15)11-17)13-16-4-2-3-14-7-8-20-19(14)16/h2-6,11,20H,7-10,12-13H2,1H3. The number of fused-ring (bicyclic) bond motifs is 2. The van der Waals surface area contributed by atoms with Gasteiger partial charge in [0.2, 0.25) is 0 Å². The van der Waals surface area contributed by atoms with Crippen molar-refractivity contribution in [3.63, 3.8) is 0 Å². The van der Waals surface area contributed by atoms with Crippen molar-refractivity contribution in [2.45, 2.75) is 19.5 Å². The molecule has 0 spiro atoms. The zero-order chi connectivity index (χ0) is 15.6. The third-order valence-electron chi connectivity index (χ3n) is 4.66. The van der Waals surface area contributed by atoms with Crippen molar-refractivity contribution < 1.29 is 9.47 Å². The van der Waals surface area contributed by atoms with Crippen molar-refractivity contribution in [3.8, 4) is 11.5 Å². The molecule has 23 heavy (non-hydrogen) atoms. The maximum atomic E-state index is 5.91. The minimum Gasteiger partial charge on any atom is -0.497 e. The topological polar surface area (TPSA) is 33.7 Å². The largest absolute Gasteiger partial charge is 0.497 e. The highest BCUT2D eigenvalue weighted by molar-refractivity contribution is 5.61. The van der Waals surface area contributed by atoms with E-state index >= 15 is 0 Å². The summed E-state index contributed by atoms with van der Waals surface area (Å²) in [6.07, 6.45) is 1.13. The maximum absolute atomic E-state index is 5.91. The number of anilines is 1. The van der Waals surface area contributed by atoms with Gasteiger partial charge in [0.25, 0.3) is 0 Å². The van der Waals surface area contributed by atoms with Crippen LogP contribution in [0.3, 0.4) is 0 Å². The molecule has 0 saturated heterocycles. The summed E-state index contributed by atoms with van der Waals surface area (Å²) < 4.78 is 11.2. The van der Waals surface area contributed by atoms with Crippen LogP contribution in [0.4, 0.5) is 5.69 Å². The molecule has 2 heterocycles. The van der Waals surface area contributed by atoms with Gasteiger partial charge in [-0.15, -0.1) is 0 Å². The SMILES string of the molecule is COc1ccc2c(c1)OCCN(Cc1cccc3c1NCC3)C2. The van der Waals surface area contributed by atoms with E-state index in [9.17, 15) is 0 Å². The van der Waals surface area contributed by atoms with E-state index in [1.807, 2.05) is 12.1 Å². The average Bonchev–Trinajstić information content (AvgIpc) is 2.97. The predicted octanol–water partition coefficient (Wildman–Crippen LogP) is 3.06. The molecule has 0 radical (unpaired) electrons. The van der Waals surface area contributed by atoms with Crippen molar-refractivity contribution in [3.05, 3.63) is 53.1 Å². The Morgan fingerprint density at radius 2 is 2.17 bits per heavy atom. The van der Waals surface area contributed by atoms with Crippen molar-refractivity contribution in [2.24, 2.45) is 0 Å². The third-order valence-corrected chi connectivity index (χ3v) is 4.66. The van der Waals surface area contributed by atoms with E-state index in [0.717, 1.165) is 44.1 Å². The fourth-order valence-corrected chi connectivity index (χ4v) is 3.45. The second-order valence-electron chi connectivity index (χ2n) is 6.16. The first kappa shape index (κ1) is 14.4. The minimum atomic E-state index is 0.711. The van der Waals surface area contributed by atoms with Crippen LogP contribution in [0.1, 0.15) is 16.7 Å². The molecule has 0 fully saturated rings. The van der Waals surface area contributed by atoms with Crippen LogP contribution in [0.5, 0.6) is 11.5 Å². The molecule has 2 aromatic carbocycles. The van der Waals surface area contributed by atoms with Gasteiger partial charge < -0.3 is 14.8 Å². The average molecular weight is 310 g/mol. The number of hydrogen-bond donors (Lipinski definition) is 1. The Bertz CT molecular complexity index is 715. The van der Waals surface area contributed by atoms with Gasteiger partial charge in [-0.1, -0.05) is 24.3 Å². The predicted molar refractivity (Wildman–Crippen MR) is 91.2 cm³/mol. The summed E-state index contributed by atoms with van der Waals surface area (Å²) in [4.78, 5) is 2.45. The molecule has 0 unspecified atom stereocenters. The fraction of sp³-hybridized carbons (Fsp3) is 0.368. The summed E-state index contributed by atoms with van der Waals surface area (Å²) >= 11 is 0. The third kappa shape index (κ3) is 2.86. The molecule has 2 aliphatic heterocycles. The number of benzene rings is 2. The second-order valence-corrected chi connectivity index (χ2v) is 6.16. The first-order valence-electron chi connectivity index (χ1n) is 8.20. The number of nitrogens with zero attached hydrogens (tertiary/aromatic N) is 1. The summed E-state index contributed by atoms with van der Waals surface area (Å²) in [6.45, 7) is 4.55. The first-order chi connectivity index (χ1) is 11.3. The van der Waals surface area contributed by atoms with Gasteiger partial charge in [0.1, 0.15) is 18.1 Å². The Balaban J connectivity index is 1.55. The highest BCUT2D eigenvalue weighted by atomic mass is 16.5. The lowest BCUT2D eigenvalue weighted by atomic mass is 10.1. The molecule has 120 valence electrons. The molecule has 0 saturated carbocycles. The summed E-state index contributed by atoms with van der Waals surface area (Å²) in [5.41, 5.74) is 5.40. The van der Waals surface area contributed by atoms with Crippen LogP contribution in [-0.4, -0.2) is 31.7 Å². The second kappa shape index (κ2) is 6.13. The molecule has 0 bridgehead atoms. The van der Waals surface area contributed by atoms with Crippen LogP contribution in [0, 0.1) is 0 Å². The molecule has 0 aromatic heterocycles. The molecule has 4 nitrogen and oxygen atoms in total. The van der Waals surface area contributed by atoms with Gasteiger partial charge in [-0.25, -0.2) is 0 Å². The molecule has 0 atom stereocenters. The van der Waals surface area contributed by atoms with Gasteiger partial charge in [-0.05, 0) is 23.6 Å². The molecule has 1 N–H and O–H groups in total. The van der Waals surface area contributed by atoms with Crippen LogP contribution in [0.15, 0.2) is 36.4 Å². The lowest BCUT2D eigenvalue weighted by Gasteiger charge is -2.21. The van der Waals surface area contributed by atoms with E-state index < -0.39 is 0 Å². The molecule has 4 rings (SSSR count). The molecular weight excluding hydrogens is 288 g/mol. The molecule has 4 heteroatoms. The van der Waals surface area contributed by atoms with Crippen molar-refractivity contribution in [1.29, 1.82) is 0 Å². The molecule has 0 amide bonds. The van der Waals surface area contributed by atoms with Gasteiger partial charge in [0.05, 0.1) is 7.11 Å². The summed E-state index contributed by atoms with van der Waals surface area (Å²) in [6, 6.07) is 12.7. The number of para-hydroxylation sites is 1. The van der Waals surface area contributed by atoms with E-state index in [0.29, 0.717) is 6.61 Å². The van der Waals surface area contributed by atoms with Crippen molar-refractivity contribution >= 4 is 5.69 Å². The van der Waals surface area contributed by atoms with E-state index in [4.69, 9.17) is 9.47 Å². The number of ether oxygens (including phenoxy) is 2. The van der Waals surface area contributed by atoms with Crippen LogP contribution in [0.25, 0.3) is 0 Å². The molecular formula is C19H22N2O2. The van der Waals surface area contributed by atoms with Gasteiger partial charge in [-0.2, -0.15) is 0 Å². The van der Waals surface area contributed by atoms with Crippen LogP contribution < -0.4 is 14.8 Å². The molecule has 2 aromatic rings. The Hall–Kier alpha value is -2.20. The summed E-state index contributed by atoms with van der Waals surface area (Å²) in [7, 11) is 1.69. The number of methoxy groups -OCH3 is 1. The molecule has 2 aliphatic rings. The van der Waals surface area contributed by atoms with Crippen LogP contribution in [-0.2, 0) is 19.5 Å². The lowest BCUT2D eigenvalue weighted by Crippen LogP contribution is -2.25. The van der Waals surface area contributed by atoms with Crippen molar-refractivity contribution in [1.82, 2.24) is 4.90 Å². The Morgan fingerprint density at radius 1 is 1.22 bits per heavy atom. The highest BCUT2D eigenvalue weighted by Gasteiger charge is 2.19. The fourth-order valence-electron chi connectivity index (χ4n) is 3.45. The summed E-state index contributed by atoms with van der Waals surface area (Å²) in [5, 5.41) is 3.53. The van der Waals surface area contributed by atoms with Crippen molar-refractivity contribution in [2.75, 3.05) is 32.1 Å². The minimum absolute atomic E-state index is 0.711. The maximum Gasteiger partial charge on any atom is 0.127 e. The Kier molecular flexibility index (Phi) is 3.83. The van der Waals surface area contributed by atoms with Gasteiger partial charge in [0.15, 0.2) is 0 Å². The zero-order valence-electron chi connectivity index (χ0n) is 13.5. The zero-order valence-corrected chi connectivity index (χ0v) is 13.5. The summed E-state index contributed by atoms with van der Waals surface area (Å²) in [5.74, 6) is 1.80. The van der Waals surface area contributed by atoms with E-state index in [-0.39, 0.29) is 0 Å². The lowest BCUT2D eigenvalue weighted by molar-refractivity contribution is 0.220. The smallest absolute Gasteiger partial charge is 0.127 e. The highest BCUT2D eigenvalue weighted by Crippen LogP contribution is 2.31. The Morgan fingerprint density at radius 3 is 3.09 bits per heavy atom. The van der Waals surface area contributed by atoms with E-state index in [2.05, 4.69) is 34.5 Å². The first-order valence-corrected chi connectivity index (χ1v) is 8.20. The monoisotopic (exact) mass is 310 g/mol. The van der Waals surface area contributed by atoms with Crippen LogP contribution in [0.2, 0.25) is 0 Å². The van der Waals surface area contributed by atoms with Gasteiger partial charge >= 0.3 is 0 Å². The van der Waals surface area contributed by atoms with Gasteiger partial charge in [0, 0.05) is 43.5 Å². The number of nitrogens with one attached hydrogen (secondary N) is 1. The quantitative estimate of drug-likeness (QED) is 0.945.